The molecular weight excluding hydrogens is 284 g/mol. The van der Waals surface area contributed by atoms with E-state index in [1.54, 1.807) is 0 Å². The summed E-state index contributed by atoms with van der Waals surface area (Å²) in [5.41, 5.74) is 1.38. The minimum Gasteiger partial charge on any atom is -0.375 e. The van der Waals surface area contributed by atoms with E-state index in [0.29, 0.717) is 6.54 Å². The van der Waals surface area contributed by atoms with Gasteiger partial charge in [0, 0.05) is 37.0 Å². The van der Waals surface area contributed by atoms with Gasteiger partial charge in [0.2, 0.25) is 5.91 Å². The number of aryl methyl sites for hydroxylation is 1. The Bertz CT molecular complexity index is 459. The van der Waals surface area contributed by atoms with Crippen molar-refractivity contribution in [3.63, 3.8) is 0 Å². The van der Waals surface area contributed by atoms with Crippen molar-refractivity contribution in [3.05, 3.63) is 21.9 Å². The molecule has 118 valence electrons. The maximum Gasteiger partial charge on any atom is 0.222 e. The SMILES string of the molecule is Cc1ccsc1CN1CCO[C@@H](CCNC(=O)C(C)C)C1. The van der Waals surface area contributed by atoms with Gasteiger partial charge in [-0.3, -0.25) is 9.69 Å². The summed E-state index contributed by atoms with van der Waals surface area (Å²) in [6.45, 7) is 10.4. The van der Waals surface area contributed by atoms with E-state index in [9.17, 15) is 4.79 Å². The molecule has 0 bridgehead atoms. The lowest BCUT2D eigenvalue weighted by atomic mass is 10.1. The van der Waals surface area contributed by atoms with Gasteiger partial charge in [-0.05, 0) is 30.4 Å². The lowest BCUT2D eigenvalue weighted by molar-refractivity contribution is -0.124. The molecule has 1 atom stereocenters. The monoisotopic (exact) mass is 310 g/mol. The molecule has 1 fully saturated rings. The van der Waals surface area contributed by atoms with Gasteiger partial charge in [-0.15, -0.1) is 11.3 Å². The number of thiophene rings is 1. The number of carbonyl (C=O) groups is 1. The highest BCUT2D eigenvalue weighted by atomic mass is 32.1. The number of nitrogens with zero attached hydrogens (tertiary/aromatic N) is 1. The molecule has 1 aromatic heterocycles. The summed E-state index contributed by atoms with van der Waals surface area (Å²) < 4.78 is 5.81. The van der Waals surface area contributed by atoms with Gasteiger partial charge in [0.15, 0.2) is 0 Å². The highest BCUT2D eigenvalue weighted by molar-refractivity contribution is 7.10. The fraction of sp³-hybridized carbons (Fsp3) is 0.688. The molecule has 21 heavy (non-hydrogen) atoms. The maximum absolute atomic E-state index is 11.5. The Kier molecular flexibility index (Phi) is 6.21. The van der Waals surface area contributed by atoms with Crippen molar-refractivity contribution in [2.24, 2.45) is 5.92 Å². The van der Waals surface area contributed by atoms with E-state index in [0.717, 1.165) is 32.7 Å². The molecule has 1 amide bonds. The molecule has 0 spiro atoms. The predicted octanol–water partition coefficient (Wildman–Crippen LogP) is 2.42. The Labute approximate surface area is 131 Å². The van der Waals surface area contributed by atoms with Gasteiger partial charge in [0.05, 0.1) is 12.7 Å². The van der Waals surface area contributed by atoms with E-state index in [1.165, 1.54) is 10.4 Å². The van der Waals surface area contributed by atoms with E-state index in [4.69, 9.17) is 4.74 Å². The van der Waals surface area contributed by atoms with Crippen molar-refractivity contribution in [1.29, 1.82) is 0 Å². The molecule has 2 heterocycles. The molecule has 4 nitrogen and oxygen atoms in total. The zero-order chi connectivity index (χ0) is 15.2. The van der Waals surface area contributed by atoms with Crippen molar-refractivity contribution in [2.45, 2.75) is 39.8 Å². The van der Waals surface area contributed by atoms with Crippen molar-refractivity contribution in [1.82, 2.24) is 10.2 Å². The zero-order valence-corrected chi connectivity index (χ0v) is 14.0. The first-order valence-corrected chi connectivity index (χ1v) is 8.59. The minimum atomic E-state index is 0.0515. The summed E-state index contributed by atoms with van der Waals surface area (Å²) in [7, 11) is 0. The highest BCUT2D eigenvalue weighted by Gasteiger charge is 2.21. The Balaban J connectivity index is 1.73. The number of morpholine rings is 1. The van der Waals surface area contributed by atoms with Gasteiger partial charge < -0.3 is 10.1 Å². The van der Waals surface area contributed by atoms with Gasteiger partial charge in [0.1, 0.15) is 0 Å². The summed E-state index contributed by atoms with van der Waals surface area (Å²) in [5.74, 6) is 0.174. The molecule has 0 saturated carbocycles. The van der Waals surface area contributed by atoms with Crippen molar-refractivity contribution >= 4 is 17.2 Å². The number of nitrogens with one attached hydrogen (secondary N) is 1. The first kappa shape index (κ1) is 16.5. The van der Waals surface area contributed by atoms with Crippen LogP contribution in [0.4, 0.5) is 0 Å². The van der Waals surface area contributed by atoms with Crippen LogP contribution in [0.2, 0.25) is 0 Å². The number of hydrogen-bond acceptors (Lipinski definition) is 4. The summed E-state index contributed by atoms with van der Waals surface area (Å²) >= 11 is 1.83. The number of amides is 1. The van der Waals surface area contributed by atoms with Gasteiger partial charge in [-0.2, -0.15) is 0 Å². The maximum atomic E-state index is 11.5. The summed E-state index contributed by atoms with van der Waals surface area (Å²) in [4.78, 5) is 15.4. The molecule has 1 aliphatic rings. The van der Waals surface area contributed by atoms with Crippen molar-refractivity contribution in [2.75, 3.05) is 26.2 Å². The van der Waals surface area contributed by atoms with E-state index in [1.807, 2.05) is 25.2 Å². The van der Waals surface area contributed by atoms with Crippen LogP contribution >= 0.6 is 11.3 Å². The Morgan fingerprint density at radius 3 is 3.05 bits per heavy atom. The Morgan fingerprint density at radius 2 is 2.38 bits per heavy atom. The van der Waals surface area contributed by atoms with Crippen LogP contribution in [-0.2, 0) is 16.1 Å². The topological polar surface area (TPSA) is 41.6 Å². The molecule has 0 aromatic carbocycles. The standard InChI is InChI=1S/C16H26N2O2S/c1-12(2)16(19)17-6-4-14-10-18(7-8-20-14)11-15-13(3)5-9-21-15/h5,9,12,14H,4,6-8,10-11H2,1-3H3,(H,17,19)/t14-/m0/s1. The third kappa shape index (κ3) is 5.09. The van der Waals surface area contributed by atoms with Crippen LogP contribution < -0.4 is 5.32 Å². The molecule has 1 saturated heterocycles. The average molecular weight is 310 g/mol. The van der Waals surface area contributed by atoms with Crippen LogP contribution in [0.25, 0.3) is 0 Å². The molecule has 1 aliphatic heterocycles. The quantitative estimate of drug-likeness (QED) is 0.877. The molecule has 5 heteroatoms. The normalized spacial score (nSPS) is 19.9. The Hall–Kier alpha value is -0.910. The third-order valence-electron chi connectivity index (χ3n) is 3.85. The molecule has 1 aromatic rings. The Morgan fingerprint density at radius 1 is 1.57 bits per heavy atom. The molecular formula is C16H26N2O2S. The zero-order valence-electron chi connectivity index (χ0n) is 13.2. The number of carbonyl (C=O) groups excluding carboxylic acids is 1. The summed E-state index contributed by atoms with van der Waals surface area (Å²) in [5, 5.41) is 5.12. The lowest BCUT2D eigenvalue weighted by Crippen LogP contribution is -2.43. The van der Waals surface area contributed by atoms with Gasteiger partial charge >= 0.3 is 0 Å². The summed E-state index contributed by atoms with van der Waals surface area (Å²) in [6, 6.07) is 2.18. The summed E-state index contributed by atoms with van der Waals surface area (Å²) in [6.07, 6.45) is 1.12. The largest absolute Gasteiger partial charge is 0.375 e. The fourth-order valence-corrected chi connectivity index (χ4v) is 3.38. The second-order valence-corrected chi connectivity index (χ2v) is 6.99. The first-order valence-electron chi connectivity index (χ1n) is 7.71. The average Bonchev–Trinajstić information content (AvgIpc) is 2.84. The van der Waals surface area contributed by atoms with Crippen molar-refractivity contribution in [3.8, 4) is 0 Å². The van der Waals surface area contributed by atoms with Gasteiger partial charge in [-0.1, -0.05) is 13.8 Å². The van der Waals surface area contributed by atoms with Crippen LogP contribution in [0.5, 0.6) is 0 Å². The van der Waals surface area contributed by atoms with Crippen molar-refractivity contribution < 1.29 is 9.53 Å². The van der Waals surface area contributed by atoms with E-state index >= 15 is 0 Å². The van der Waals surface area contributed by atoms with Crippen LogP contribution in [0.15, 0.2) is 11.4 Å². The van der Waals surface area contributed by atoms with E-state index < -0.39 is 0 Å². The lowest BCUT2D eigenvalue weighted by Gasteiger charge is -2.33. The number of hydrogen-bond donors (Lipinski definition) is 1. The second kappa shape index (κ2) is 7.92. The smallest absolute Gasteiger partial charge is 0.222 e. The molecule has 1 N–H and O–H groups in total. The molecule has 0 radical (unpaired) electrons. The molecule has 0 aliphatic carbocycles. The highest BCUT2D eigenvalue weighted by Crippen LogP contribution is 2.19. The van der Waals surface area contributed by atoms with E-state index in [2.05, 4.69) is 28.6 Å². The van der Waals surface area contributed by atoms with E-state index in [-0.39, 0.29) is 17.9 Å². The first-order chi connectivity index (χ1) is 10.1. The number of ether oxygens (including phenoxy) is 1. The van der Waals surface area contributed by atoms with Gasteiger partial charge in [-0.25, -0.2) is 0 Å². The van der Waals surface area contributed by atoms with Crippen LogP contribution in [0.3, 0.4) is 0 Å². The predicted molar refractivity (Wildman–Crippen MR) is 86.5 cm³/mol. The van der Waals surface area contributed by atoms with Crippen LogP contribution in [0, 0.1) is 12.8 Å². The van der Waals surface area contributed by atoms with Crippen LogP contribution in [-0.4, -0.2) is 43.2 Å². The molecule has 0 unspecified atom stereocenters. The second-order valence-electron chi connectivity index (χ2n) is 5.99. The van der Waals surface area contributed by atoms with Gasteiger partial charge in [0.25, 0.3) is 0 Å². The van der Waals surface area contributed by atoms with Crippen LogP contribution in [0.1, 0.15) is 30.7 Å². The minimum absolute atomic E-state index is 0.0515. The molecule has 2 rings (SSSR count). The number of rotatable bonds is 6. The fourth-order valence-electron chi connectivity index (χ4n) is 2.43. The third-order valence-corrected chi connectivity index (χ3v) is 4.86.